The van der Waals surface area contributed by atoms with Gasteiger partial charge in [-0.1, -0.05) is 30.3 Å². The van der Waals surface area contributed by atoms with Crippen LogP contribution in [0.1, 0.15) is 16.1 Å². The molecule has 6 heteroatoms. The SMILES string of the molecule is COc1ccc(-c2nc(C(=O)c3ccccc3)cn2-c2ccc(OCCO)cc2)cc1. The molecule has 0 amide bonds. The summed E-state index contributed by atoms with van der Waals surface area (Å²) in [5.74, 6) is 1.90. The number of imidazole rings is 1. The van der Waals surface area contributed by atoms with E-state index in [9.17, 15) is 4.79 Å². The van der Waals surface area contributed by atoms with Crippen molar-refractivity contribution in [2.75, 3.05) is 20.3 Å². The molecule has 6 nitrogen and oxygen atoms in total. The van der Waals surface area contributed by atoms with E-state index in [-0.39, 0.29) is 19.0 Å². The fraction of sp³-hybridized carbons (Fsp3) is 0.120. The summed E-state index contributed by atoms with van der Waals surface area (Å²) in [7, 11) is 1.62. The highest BCUT2D eigenvalue weighted by atomic mass is 16.5. The lowest BCUT2D eigenvalue weighted by Crippen LogP contribution is -2.02. The predicted octanol–water partition coefficient (Wildman–Crippen LogP) is 4.15. The second-order valence-corrected chi connectivity index (χ2v) is 6.81. The number of aliphatic hydroxyl groups excluding tert-OH is 1. The maximum Gasteiger partial charge on any atom is 0.212 e. The molecule has 4 rings (SSSR count). The van der Waals surface area contributed by atoms with Crippen molar-refractivity contribution in [3.8, 4) is 28.6 Å². The van der Waals surface area contributed by atoms with E-state index >= 15 is 0 Å². The quantitative estimate of drug-likeness (QED) is 0.439. The third-order valence-electron chi connectivity index (χ3n) is 4.80. The highest BCUT2D eigenvalue weighted by Gasteiger charge is 2.18. The maximum atomic E-state index is 13.0. The molecule has 0 atom stereocenters. The zero-order chi connectivity index (χ0) is 21.6. The van der Waals surface area contributed by atoms with Gasteiger partial charge >= 0.3 is 0 Å². The molecule has 0 radical (unpaired) electrons. The van der Waals surface area contributed by atoms with Crippen molar-refractivity contribution < 1.29 is 19.4 Å². The van der Waals surface area contributed by atoms with Gasteiger partial charge in [0.15, 0.2) is 0 Å². The van der Waals surface area contributed by atoms with Crippen LogP contribution in [0.4, 0.5) is 0 Å². The Bertz CT molecular complexity index is 1150. The second-order valence-electron chi connectivity index (χ2n) is 6.81. The molecule has 0 aliphatic heterocycles. The lowest BCUT2D eigenvalue weighted by atomic mass is 10.1. The number of hydrogen-bond donors (Lipinski definition) is 1. The summed E-state index contributed by atoms with van der Waals surface area (Å²) in [6.45, 7) is 0.188. The monoisotopic (exact) mass is 414 g/mol. The van der Waals surface area contributed by atoms with Crippen LogP contribution >= 0.6 is 0 Å². The molecule has 0 saturated carbocycles. The Morgan fingerprint density at radius 3 is 2.26 bits per heavy atom. The van der Waals surface area contributed by atoms with Crippen molar-refractivity contribution in [3.05, 3.63) is 96.3 Å². The van der Waals surface area contributed by atoms with Crippen LogP contribution < -0.4 is 9.47 Å². The van der Waals surface area contributed by atoms with Crippen LogP contribution in [0.25, 0.3) is 17.1 Å². The number of benzene rings is 3. The van der Waals surface area contributed by atoms with Gasteiger partial charge < -0.3 is 14.6 Å². The number of nitrogens with zero attached hydrogens (tertiary/aromatic N) is 2. The number of carbonyl (C=O) groups is 1. The van der Waals surface area contributed by atoms with Crippen molar-refractivity contribution in [1.29, 1.82) is 0 Å². The first kappa shape index (κ1) is 20.4. The number of ketones is 1. The minimum atomic E-state index is -0.142. The molecule has 31 heavy (non-hydrogen) atoms. The number of rotatable bonds is 8. The van der Waals surface area contributed by atoms with Crippen LogP contribution in [0.5, 0.6) is 11.5 Å². The van der Waals surface area contributed by atoms with Crippen LogP contribution in [-0.2, 0) is 0 Å². The standard InChI is InChI=1S/C25H22N2O4/c1-30-21-11-7-19(8-12-21)25-26-23(24(29)18-5-3-2-4-6-18)17-27(25)20-9-13-22(14-10-20)31-16-15-28/h2-14,17,28H,15-16H2,1H3. The Kier molecular flexibility index (Phi) is 6.10. The summed E-state index contributed by atoms with van der Waals surface area (Å²) < 4.78 is 12.6. The largest absolute Gasteiger partial charge is 0.497 e. The lowest BCUT2D eigenvalue weighted by Gasteiger charge is -2.10. The van der Waals surface area contributed by atoms with Gasteiger partial charge in [-0.15, -0.1) is 0 Å². The average molecular weight is 414 g/mol. The van der Waals surface area contributed by atoms with Crippen LogP contribution in [0.2, 0.25) is 0 Å². The van der Waals surface area contributed by atoms with Gasteiger partial charge in [-0.3, -0.25) is 9.36 Å². The Labute approximate surface area is 180 Å². The molecular formula is C25H22N2O4. The molecule has 3 aromatic carbocycles. The zero-order valence-corrected chi connectivity index (χ0v) is 17.1. The van der Waals surface area contributed by atoms with E-state index in [2.05, 4.69) is 4.98 Å². The van der Waals surface area contributed by atoms with Crippen LogP contribution in [0.15, 0.2) is 85.1 Å². The van der Waals surface area contributed by atoms with E-state index in [0.29, 0.717) is 22.8 Å². The highest BCUT2D eigenvalue weighted by molar-refractivity contribution is 6.08. The first-order chi connectivity index (χ1) is 15.2. The summed E-state index contributed by atoms with van der Waals surface area (Å²) in [4.78, 5) is 17.7. The van der Waals surface area contributed by atoms with Gasteiger partial charge in [-0.25, -0.2) is 4.98 Å². The van der Waals surface area contributed by atoms with E-state index < -0.39 is 0 Å². The Hall–Kier alpha value is -3.90. The van der Waals surface area contributed by atoms with Gasteiger partial charge in [0.05, 0.1) is 13.7 Å². The average Bonchev–Trinajstić information content (AvgIpc) is 3.28. The van der Waals surface area contributed by atoms with Gasteiger partial charge in [0.1, 0.15) is 29.6 Å². The van der Waals surface area contributed by atoms with E-state index in [4.69, 9.17) is 14.6 Å². The summed E-state index contributed by atoms with van der Waals surface area (Å²) >= 11 is 0. The number of methoxy groups -OCH3 is 1. The molecule has 1 N–H and O–H groups in total. The van der Waals surface area contributed by atoms with Gasteiger partial charge in [0.2, 0.25) is 5.78 Å². The minimum absolute atomic E-state index is 0.0458. The molecule has 156 valence electrons. The van der Waals surface area contributed by atoms with Crippen molar-refractivity contribution in [3.63, 3.8) is 0 Å². The Morgan fingerprint density at radius 2 is 1.61 bits per heavy atom. The van der Waals surface area contributed by atoms with Gasteiger partial charge in [0, 0.05) is 23.0 Å². The molecule has 0 aliphatic rings. The lowest BCUT2D eigenvalue weighted by molar-refractivity contribution is 0.103. The topological polar surface area (TPSA) is 73.6 Å². The fourth-order valence-corrected chi connectivity index (χ4v) is 3.23. The third-order valence-corrected chi connectivity index (χ3v) is 4.80. The Morgan fingerprint density at radius 1 is 0.935 bits per heavy atom. The van der Waals surface area contributed by atoms with E-state index in [1.165, 1.54) is 0 Å². The summed E-state index contributed by atoms with van der Waals surface area (Å²) in [6.07, 6.45) is 1.75. The molecule has 0 spiro atoms. The summed E-state index contributed by atoms with van der Waals surface area (Å²) in [5.41, 5.74) is 2.63. The molecule has 0 aliphatic carbocycles. The van der Waals surface area contributed by atoms with E-state index in [0.717, 1.165) is 17.0 Å². The molecule has 1 aromatic heterocycles. The van der Waals surface area contributed by atoms with Gasteiger partial charge in [-0.05, 0) is 48.5 Å². The van der Waals surface area contributed by atoms with Crippen molar-refractivity contribution in [2.24, 2.45) is 0 Å². The molecule has 0 bridgehead atoms. The fourth-order valence-electron chi connectivity index (χ4n) is 3.23. The molecule has 0 fully saturated rings. The minimum Gasteiger partial charge on any atom is -0.497 e. The van der Waals surface area contributed by atoms with Crippen LogP contribution in [0, 0.1) is 0 Å². The molecule has 0 unspecified atom stereocenters. The first-order valence-corrected chi connectivity index (χ1v) is 9.87. The summed E-state index contributed by atoms with van der Waals surface area (Å²) in [6, 6.07) is 24.1. The zero-order valence-electron chi connectivity index (χ0n) is 17.1. The normalized spacial score (nSPS) is 10.6. The molecular weight excluding hydrogens is 392 g/mol. The van der Waals surface area contributed by atoms with Crippen molar-refractivity contribution >= 4 is 5.78 Å². The van der Waals surface area contributed by atoms with Gasteiger partial charge in [-0.2, -0.15) is 0 Å². The second kappa shape index (κ2) is 9.28. The van der Waals surface area contributed by atoms with Crippen LogP contribution in [0.3, 0.4) is 0 Å². The molecule has 4 aromatic rings. The number of aliphatic hydroxyl groups is 1. The van der Waals surface area contributed by atoms with E-state index in [1.807, 2.05) is 71.3 Å². The first-order valence-electron chi connectivity index (χ1n) is 9.87. The Balaban J connectivity index is 1.76. The van der Waals surface area contributed by atoms with Crippen molar-refractivity contribution in [2.45, 2.75) is 0 Å². The number of aromatic nitrogens is 2. The van der Waals surface area contributed by atoms with Crippen molar-refractivity contribution in [1.82, 2.24) is 9.55 Å². The highest BCUT2D eigenvalue weighted by Crippen LogP contribution is 2.27. The van der Waals surface area contributed by atoms with E-state index in [1.54, 1.807) is 25.4 Å². The summed E-state index contributed by atoms with van der Waals surface area (Å²) in [5, 5.41) is 8.93. The maximum absolute atomic E-state index is 13.0. The number of ether oxygens (including phenoxy) is 2. The molecule has 1 heterocycles. The van der Waals surface area contributed by atoms with Gasteiger partial charge in [0.25, 0.3) is 0 Å². The van der Waals surface area contributed by atoms with Crippen LogP contribution in [-0.4, -0.2) is 40.8 Å². The number of hydrogen-bond acceptors (Lipinski definition) is 5. The predicted molar refractivity (Wildman–Crippen MR) is 118 cm³/mol. The number of carbonyl (C=O) groups excluding carboxylic acids is 1. The molecule has 0 saturated heterocycles. The smallest absolute Gasteiger partial charge is 0.212 e. The third kappa shape index (κ3) is 4.49.